The van der Waals surface area contributed by atoms with Crippen LogP contribution in [0, 0.1) is 18.3 Å². The van der Waals surface area contributed by atoms with E-state index in [2.05, 4.69) is 119 Å². The molecule has 1 aliphatic carbocycles. The van der Waals surface area contributed by atoms with Crippen LogP contribution in [-0.4, -0.2) is 352 Å². The molecule has 20 atom stereocenters. The highest BCUT2D eigenvalue weighted by Gasteiger charge is 2.78. The summed E-state index contributed by atoms with van der Waals surface area (Å²) in [6.07, 6.45) is 7.42. The van der Waals surface area contributed by atoms with Gasteiger partial charge in [-0.25, -0.2) is 4.79 Å². The van der Waals surface area contributed by atoms with Gasteiger partial charge in [-0.3, -0.25) is 48.2 Å². The molecule has 810 valence electrons. The molecule has 41 heteroatoms. The Kier molecular flexibility index (Phi) is 53.6. The largest absolute Gasteiger partial charge is 0.481 e. The number of aliphatic hydroxyl groups excluding tert-OH is 6. The van der Waals surface area contributed by atoms with E-state index < -0.39 is 125 Å². The molecule has 4 aromatic rings. The number of aryl methyl sites for hydroxylation is 1. The molecule has 5 aliphatic heterocycles. The van der Waals surface area contributed by atoms with Crippen LogP contribution < -0.4 is 20.9 Å². The van der Waals surface area contributed by atoms with Gasteiger partial charge in [0.2, 0.25) is 11.8 Å². The maximum Gasteiger partial charge on any atom is 0.373 e. The van der Waals surface area contributed by atoms with Gasteiger partial charge in [0.25, 0.3) is 5.91 Å². The van der Waals surface area contributed by atoms with Crippen molar-refractivity contribution in [2.45, 2.75) is 299 Å². The summed E-state index contributed by atoms with van der Waals surface area (Å²) >= 11 is 0. The molecule has 6 aliphatic rings. The molecule has 1 aromatic heterocycles. The van der Waals surface area contributed by atoms with Gasteiger partial charge in [0.1, 0.15) is 32.0 Å². The van der Waals surface area contributed by atoms with Crippen LogP contribution in [-0.2, 0) is 122 Å². The number of nitrogens with one attached hydrogen (secondary N) is 4. The molecular weight excluding hydrogens is 1910 g/mol. The van der Waals surface area contributed by atoms with E-state index in [4.69, 9.17) is 92.0 Å². The number of amides is 3. The Morgan fingerprint density at radius 2 is 1.17 bits per heavy atom. The Bertz CT molecular complexity index is 4690. The number of H-pyrrole nitrogens is 1. The first kappa shape index (κ1) is 124. The number of hydrogen-bond acceptors (Lipinski definition) is 36. The Labute approximate surface area is 853 Å². The maximum absolute atomic E-state index is 15.2. The minimum atomic E-state index is -2.17. The van der Waals surface area contributed by atoms with E-state index in [1.807, 2.05) is 53.1 Å². The number of benzene rings is 3. The number of methoxy groups -OCH3 is 4. The Morgan fingerprint density at radius 3 is 1.69 bits per heavy atom. The fourth-order valence-corrected chi connectivity index (χ4v) is 21.9. The third-order valence-electron chi connectivity index (χ3n) is 27.8. The third-order valence-corrected chi connectivity index (χ3v) is 30.0. The first-order chi connectivity index (χ1) is 68.8. The SMILES string of the molecule is CCC(CO)OC(CO)OC.CCC(CO)OC(COC(=O)CCC(=O)NCCNC(=O)c1ccc(C(C)SSC)cc1)OC.CCC(CO)OC(COC(=O)CCC(=O)O)OC.CCC(CO)OC(COC(=O)CCCC(=O)NC(C)C(=O)OCCCCC(=O)[C@]1(O)C2N(C)c3cc(C)c([C@@]4(C)C[C@@H]5CN(CCc6c4[nH]c4ccccc64)CC(O)(CC)C5)cc3C23CCN2CC=C[C@](CC)(C23)[C@H]1O)OC.O=C=O. The number of unbranched alkanes of at least 4 members (excludes halogenated alkanes) is 1. The highest BCUT2D eigenvalue weighted by atomic mass is 33.1. The summed E-state index contributed by atoms with van der Waals surface area (Å²) in [5.74, 6) is -4.60. The number of carbonyl (C=O) groups is 9. The van der Waals surface area contributed by atoms with Crippen LogP contribution in [0.1, 0.15) is 233 Å². The molecule has 3 fully saturated rings. The number of anilines is 1. The summed E-state index contributed by atoms with van der Waals surface area (Å²) in [6.45, 7) is 23.1. The van der Waals surface area contributed by atoms with Gasteiger partial charge in [-0.05, 0) is 182 Å². The van der Waals surface area contributed by atoms with Crippen molar-refractivity contribution < 1.29 is 156 Å². The fraction of sp³-hybridized carbons (Fsp3) is 0.689. The van der Waals surface area contributed by atoms with Crippen LogP contribution in [0.25, 0.3) is 10.9 Å². The number of aromatic amines is 1. The number of aromatic nitrogens is 1. The van der Waals surface area contributed by atoms with Crippen LogP contribution in [0.5, 0.6) is 0 Å². The highest BCUT2D eigenvalue weighted by molar-refractivity contribution is 8.76. The van der Waals surface area contributed by atoms with Gasteiger partial charge in [-0.15, -0.1) is 0 Å². The molecule has 1 saturated carbocycles. The molecule has 13 N–H and O–H groups in total. The number of ketones is 1. The highest BCUT2D eigenvalue weighted by Crippen LogP contribution is 2.68. The Balaban J connectivity index is 0.000000391. The van der Waals surface area contributed by atoms with Gasteiger partial charge in [0.15, 0.2) is 36.5 Å². The van der Waals surface area contributed by atoms with Crippen LogP contribution >= 0.6 is 21.6 Å². The van der Waals surface area contributed by atoms with E-state index >= 15 is 4.79 Å². The van der Waals surface area contributed by atoms with E-state index in [-0.39, 0.29) is 172 Å². The number of fused-ring (bicyclic) bond motifs is 6. The molecule has 10 rings (SSSR count). The van der Waals surface area contributed by atoms with Gasteiger partial charge in [0, 0.05) is 156 Å². The zero-order valence-corrected chi connectivity index (χ0v) is 88.2. The second-order valence-corrected chi connectivity index (χ2v) is 40.1. The van der Waals surface area contributed by atoms with Crippen LogP contribution in [0.4, 0.5) is 5.69 Å². The summed E-state index contributed by atoms with van der Waals surface area (Å²) in [4.78, 5) is 138. The minimum Gasteiger partial charge on any atom is -0.481 e. The molecule has 3 aromatic carbocycles. The molecular formula is C103H159N7O32S2. The lowest BCUT2D eigenvalue weighted by Gasteiger charge is -2.63. The van der Waals surface area contributed by atoms with Gasteiger partial charge in [0.05, 0.1) is 95.0 Å². The second kappa shape index (κ2) is 62.1. The number of piperidine rings is 1. The minimum absolute atomic E-state index is 0.0183. The van der Waals surface area contributed by atoms with E-state index in [1.54, 1.807) is 33.7 Å². The average Bonchev–Trinajstić information content (AvgIpc) is 1.54. The lowest BCUT2D eigenvalue weighted by Crippen LogP contribution is -2.80. The van der Waals surface area contributed by atoms with Crippen molar-refractivity contribution in [2.75, 3.05) is 152 Å². The number of likely N-dealkylation sites (N-methyl/N-ethyl adjacent to an activating group) is 1. The van der Waals surface area contributed by atoms with Gasteiger partial charge in [-0.1, -0.05) is 112 Å². The van der Waals surface area contributed by atoms with Crippen LogP contribution in [0.2, 0.25) is 0 Å². The molecule has 1 spiro atoms. The molecule has 3 amide bonds. The smallest absolute Gasteiger partial charge is 0.373 e. The monoisotopic (exact) mass is 2070 g/mol. The maximum atomic E-state index is 15.2. The Morgan fingerprint density at radius 1 is 0.618 bits per heavy atom. The summed E-state index contributed by atoms with van der Waals surface area (Å²) in [5, 5.41) is 101. The van der Waals surface area contributed by atoms with Crippen LogP contribution in [0.15, 0.2) is 72.8 Å². The van der Waals surface area contributed by atoms with Crippen LogP contribution in [0.3, 0.4) is 0 Å². The van der Waals surface area contributed by atoms with Gasteiger partial charge in [-0.2, -0.15) is 9.59 Å². The first-order valence-electron chi connectivity index (χ1n) is 49.9. The first-order valence-corrected chi connectivity index (χ1v) is 52.5. The number of Topliss-reactive ketones (excluding diaryl/α,β-unsaturated/α-hetero) is 1. The van der Waals surface area contributed by atoms with Crippen molar-refractivity contribution in [3.8, 4) is 0 Å². The number of ether oxygens (including phenoxy) is 12. The summed E-state index contributed by atoms with van der Waals surface area (Å²) in [7, 11) is 11.1. The lowest BCUT2D eigenvalue weighted by molar-refractivity contribution is -0.202. The van der Waals surface area contributed by atoms with E-state index in [0.29, 0.717) is 75.3 Å². The van der Waals surface area contributed by atoms with Gasteiger partial charge >= 0.3 is 36.0 Å². The van der Waals surface area contributed by atoms with Crippen molar-refractivity contribution in [2.24, 2.45) is 11.3 Å². The number of hydrogen-bond donors (Lipinski definition) is 13. The number of aliphatic hydroxyl groups is 8. The zero-order valence-electron chi connectivity index (χ0n) is 86.5. The molecule has 2 bridgehead atoms. The quantitative estimate of drug-likeness (QED) is 0.00504. The molecule has 15 unspecified atom stereocenters. The standard InChI is InChI=1S/C61H87N5O12.C23H36N2O7S2.C11H20O7.C7H16O4.CO2/c1-9-41(35-67)78-51(75-8)36-77-50(70)22-16-21-49(69)62-39(5)53(71)76-29-15-14-20-48(68)61(74)55-60(25-28-66-26-17-24-59(11-3,54(60)66)56(61)72)45-31-44(38(4)30-47(45)64(55)7)57(6)32-40-33-58(73,10-2)37-65(34-40)27-23-43-42-18-12-13-19-46(42)63-52(43)57;1-5-19(14-26)32-22(30-3)15-31-21(28)11-10-20(27)24-12-13-25-23(29)18-8-6-17(7-9-18)16(2)34-33-4;1-3-8(6-12)18-11(16-2)7-17-10(15)5-4-9(13)14;1-3-6(4-8)11-7(5-9)10-2;2-1-3/h12-13,17-19,24,30-31,39-41,51,54-56,63,67,72-74H,9-11,14-16,20-23,25-29,32-37H2,1-8H3,(H,62,69);6-9,16,19,22,26H,5,10-15H2,1-4H3,(H,24,27)(H,25,29);8,11-12H,3-7H2,1-2H3,(H,13,14);6-9H,3-5H2,1-2H3;/t39?,40-,41?,51?,54?,55?,56+,57+,58?,59+,60?,61-;;;;/m0..../s1. The van der Waals surface area contributed by atoms with Crippen molar-refractivity contribution in [3.05, 3.63) is 112 Å². The molecule has 6 heterocycles. The van der Waals surface area contributed by atoms with Crippen molar-refractivity contribution >= 4 is 97.7 Å². The predicted octanol–water partition coefficient (Wildman–Crippen LogP) is 7.65. The number of carboxylic acids is 1. The van der Waals surface area contributed by atoms with Crippen molar-refractivity contribution in [1.82, 2.24) is 30.7 Å². The van der Waals surface area contributed by atoms with E-state index in [1.165, 1.54) is 57.6 Å². The summed E-state index contributed by atoms with van der Waals surface area (Å²) in [6, 6.07) is 18.8. The zero-order chi connectivity index (χ0) is 107. The molecule has 0 radical (unpaired) electrons. The van der Waals surface area contributed by atoms with E-state index in [0.717, 1.165) is 66.8 Å². The number of rotatable bonds is 55. The summed E-state index contributed by atoms with van der Waals surface area (Å²) in [5.41, 5.74) is 4.64. The average molecular weight is 2070 g/mol. The Hall–Kier alpha value is -8.47. The second-order valence-electron chi connectivity index (χ2n) is 37.3. The number of carbonyl (C=O) groups excluding carboxylic acids is 10. The summed E-state index contributed by atoms with van der Waals surface area (Å²) < 4.78 is 62.0. The van der Waals surface area contributed by atoms with Crippen molar-refractivity contribution in [3.63, 3.8) is 0 Å². The topological polar surface area (TPSA) is 542 Å². The van der Waals surface area contributed by atoms with Crippen molar-refractivity contribution in [1.29, 1.82) is 0 Å². The number of carboxylic acid groups (broad SMARTS) is 1. The third kappa shape index (κ3) is 34.0. The predicted molar refractivity (Wildman–Crippen MR) is 537 cm³/mol. The number of esters is 4. The molecule has 39 nitrogen and oxygen atoms in total. The number of nitrogens with zero attached hydrogens (tertiary/aromatic N) is 3. The molecule has 2 saturated heterocycles. The lowest BCUT2D eigenvalue weighted by atomic mass is 9.47. The fourth-order valence-electron chi connectivity index (χ4n) is 20.1. The van der Waals surface area contributed by atoms with E-state index in [9.17, 15) is 58.8 Å². The van der Waals surface area contributed by atoms with Gasteiger partial charge < -0.3 is 129 Å². The normalized spacial score (nSPS) is 23.7. The molecule has 144 heavy (non-hydrogen) atoms. The number of para-hydroxylation sites is 1. The number of aliphatic carboxylic acids is 1.